The van der Waals surface area contributed by atoms with Crippen LogP contribution < -0.4 is 26.3 Å². The Morgan fingerprint density at radius 3 is 2.30 bits per heavy atom. The number of rotatable bonds is 11. The van der Waals surface area contributed by atoms with E-state index < -0.39 is 29.2 Å². The van der Waals surface area contributed by atoms with Gasteiger partial charge in [-0.3, -0.25) is 15.6 Å². The maximum absolute atomic E-state index is 14.5. The molecule has 12 heteroatoms. The molecule has 180 valence electrons. The Morgan fingerprint density at radius 1 is 1.15 bits per heavy atom. The molecule has 0 aliphatic carbocycles. The first-order chi connectivity index (χ1) is 15.2. The highest BCUT2D eigenvalue weighted by Gasteiger charge is 2.28. The number of nitrogens with two attached hydrogens (primary N) is 2. The van der Waals surface area contributed by atoms with Gasteiger partial charge in [0.1, 0.15) is 41.4 Å². The third-order valence-electron chi connectivity index (χ3n) is 4.34. The van der Waals surface area contributed by atoms with E-state index >= 15 is 0 Å². The van der Waals surface area contributed by atoms with Crippen LogP contribution in [0, 0.1) is 22.5 Å². The van der Waals surface area contributed by atoms with Crippen molar-refractivity contribution in [2.75, 3.05) is 20.3 Å². The molecule has 0 spiro atoms. The normalized spacial score (nSPS) is 11.2. The lowest BCUT2D eigenvalue weighted by atomic mass is 10.1. The Hall–Kier alpha value is -3.44. The van der Waals surface area contributed by atoms with Crippen LogP contribution in [0.25, 0.3) is 0 Å². The summed E-state index contributed by atoms with van der Waals surface area (Å²) in [6, 6.07) is 6.51. The Balaban J connectivity index is 0.00000544. The van der Waals surface area contributed by atoms with Gasteiger partial charge in [-0.1, -0.05) is 12.1 Å². The zero-order valence-electron chi connectivity index (χ0n) is 18.0. The molecule has 0 saturated carbocycles. The van der Waals surface area contributed by atoms with Crippen molar-refractivity contribution in [3.8, 4) is 11.5 Å². The molecule has 0 aliphatic heterocycles. The van der Waals surface area contributed by atoms with Crippen molar-refractivity contribution in [3.63, 3.8) is 0 Å². The highest BCUT2D eigenvalue weighted by Crippen LogP contribution is 2.29. The van der Waals surface area contributed by atoms with Crippen molar-refractivity contribution in [3.05, 3.63) is 58.7 Å². The third kappa shape index (κ3) is 7.29. The van der Waals surface area contributed by atoms with Crippen molar-refractivity contribution >= 4 is 30.0 Å². The lowest BCUT2D eigenvalue weighted by molar-refractivity contribution is -0.133. The van der Waals surface area contributed by atoms with E-state index in [2.05, 4.69) is 5.32 Å². The van der Waals surface area contributed by atoms with Gasteiger partial charge in [0.05, 0.1) is 12.7 Å². The maximum Gasteiger partial charge on any atom is 0.254 e. The fraction of sp³-hybridized carbons (Fsp3) is 0.286. The van der Waals surface area contributed by atoms with Crippen molar-refractivity contribution < 1.29 is 27.8 Å². The second kappa shape index (κ2) is 12.6. The number of hydrogen-bond acceptors (Lipinski definition) is 6. The number of amides is 1. The van der Waals surface area contributed by atoms with E-state index in [-0.39, 0.29) is 55.3 Å². The molecule has 0 saturated heterocycles. The van der Waals surface area contributed by atoms with Crippen LogP contribution in [0.4, 0.5) is 8.78 Å². The molecule has 1 amide bonds. The van der Waals surface area contributed by atoms with Crippen LogP contribution >= 0.6 is 12.4 Å². The first kappa shape index (κ1) is 27.6. The van der Waals surface area contributed by atoms with Crippen LogP contribution in [0.3, 0.4) is 0 Å². The van der Waals surface area contributed by atoms with E-state index in [1.807, 2.05) is 0 Å². The molecule has 0 aliphatic rings. The summed E-state index contributed by atoms with van der Waals surface area (Å²) in [5, 5.41) is 17.4. The number of benzene rings is 2. The predicted octanol–water partition coefficient (Wildman–Crippen LogP) is 2.39. The number of carbonyl (C=O) groups is 1. The monoisotopic (exact) mass is 485 g/mol. The second-order valence-corrected chi connectivity index (χ2v) is 6.61. The largest absolute Gasteiger partial charge is 0.497 e. The van der Waals surface area contributed by atoms with Crippen LogP contribution in [0.2, 0.25) is 0 Å². The fourth-order valence-corrected chi connectivity index (χ4v) is 2.82. The molecule has 0 heterocycles. The maximum atomic E-state index is 14.5. The SMILES string of the molecule is CCOC(C(=O)NCc1ccc(C(=N)N)cc1OCC(=N)N)c1c(F)cc(OC)cc1F.Cl. The highest BCUT2D eigenvalue weighted by molar-refractivity contribution is 5.95. The van der Waals surface area contributed by atoms with Gasteiger partial charge in [-0.25, -0.2) is 8.78 Å². The molecular formula is C21H26ClF2N5O4. The van der Waals surface area contributed by atoms with Crippen LogP contribution in [-0.4, -0.2) is 37.9 Å². The number of hydrogen-bond donors (Lipinski definition) is 5. The van der Waals surface area contributed by atoms with E-state index in [0.29, 0.717) is 11.1 Å². The number of ether oxygens (including phenoxy) is 3. The van der Waals surface area contributed by atoms with Crippen molar-refractivity contribution in [1.29, 1.82) is 10.8 Å². The molecule has 0 bridgehead atoms. The molecule has 0 radical (unpaired) electrons. The smallest absolute Gasteiger partial charge is 0.254 e. The van der Waals surface area contributed by atoms with Crippen LogP contribution in [0.15, 0.2) is 30.3 Å². The van der Waals surface area contributed by atoms with Crippen LogP contribution in [0.1, 0.15) is 29.7 Å². The molecule has 7 N–H and O–H groups in total. The number of nitrogens with one attached hydrogen (secondary N) is 3. The molecule has 9 nitrogen and oxygen atoms in total. The fourth-order valence-electron chi connectivity index (χ4n) is 2.82. The van der Waals surface area contributed by atoms with E-state index in [9.17, 15) is 13.6 Å². The lowest BCUT2D eigenvalue weighted by Crippen LogP contribution is -2.32. The summed E-state index contributed by atoms with van der Waals surface area (Å²) in [7, 11) is 1.27. The zero-order chi connectivity index (χ0) is 23.8. The summed E-state index contributed by atoms with van der Waals surface area (Å²) < 4.78 is 44.6. The first-order valence-corrected chi connectivity index (χ1v) is 9.53. The minimum atomic E-state index is -1.54. The summed E-state index contributed by atoms with van der Waals surface area (Å²) in [6.07, 6.45) is -1.54. The summed E-state index contributed by atoms with van der Waals surface area (Å²) in [6.45, 7) is 1.32. The van der Waals surface area contributed by atoms with Gasteiger partial charge < -0.3 is 31.0 Å². The van der Waals surface area contributed by atoms with Gasteiger partial charge in [0.25, 0.3) is 5.91 Å². The number of amidine groups is 2. The molecule has 2 aromatic rings. The summed E-state index contributed by atoms with van der Waals surface area (Å²) in [5.41, 5.74) is 11.1. The summed E-state index contributed by atoms with van der Waals surface area (Å²) in [5.74, 6) is -2.95. The van der Waals surface area contributed by atoms with E-state index in [1.165, 1.54) is 13.2 Å². The zero-order valence-corrected chi connectivity index (χ0v) is 18.9. The second-order valence-electron chi connectivity index (χ2n) is 6.61. The minimum absolute atomic E-state index is 0. The summed E-state index contributed by atoms with van der Waals surface area (Å²) in [4.78, 5) is 12.8. The number of nitrogen functional groups attached to an aromatic ring is 1. The molecule has 0 aromatic heterocycles. The Labute approximate surface area is 195 Å². The highest BCUT2D eigenvalue weighted by atomic mass is 35.5. The molecule has 1 unspecified atom stereocenters. The molecule has 1 atom stereocenters. The van der Waals surface area contributed by atoms with Gasteiger partial charge in [0, 0.05) is 36.4 Å². The quantitative estimate of drug-likeness (QED) is 0.243. The van der Waals surface area contributed by atoms with E-state index in [0.717, 1.165) is 12.1 Å². The predicted molar refractivity (Wildman–Crippen MR) is 121 cm³/mol. The molecule has 2 rings (SSSR count). The Kier molecular flexibility index (Phi) is 10.5. The van der Waals surface area contributed by atoms with Crippen LogP contribution in [0.5, 0.6) is 11.5 Å². The lowest BCUT2D eigenvalue weighted by Gasteiger charge is -2.20. The van der Waals surface area contributed by atoms with Gasteiger partial charge in [0.2, 0.25) is 0 Å². The van der Waals surface area contributed by atoms with Gasteiger partial charge in [-0.15, -0.1) is 12.4 Å². The topological polar surface area (TPSA) is 157 Å². The minimum Gasteiger partial charge on any atom is -0.497 e. The average Bonchev–Trinajstić information content (AvgIpc) is 2.74. The van der Waals surface area contributed by atoms with Crippen molar-refractivity contribution in [2.45, 2.75) is 19.6 Å². The Bertz CT molecular complexity index is 999. The number of carbonyl (C=O) groups excluding carboxylic acids is 1. The van der Waals surface area contributed by atoms with Crippen molar-refractivity contribution in [1.82, 2.24) is 5.32 Å². The van der Waals surface area contributed by atoms with Crippen LogP contribution in [-0.2, 0) is 16.1 Å². The van der Waals surface area contributed by atoms with Gasteiger partial charge in [0.15, 0.2) is 6.10 Å². The summed E-state index contributed by atoms with van der Waals surface area (Å²) >= 11 is 0. The van der Waals surface area contributed by atoms with Crippen molar-refractivity contribution in [2.24, 2.45) is 11.5 Å². The number of methoxy groups -OCH3 is 1. The average molecular weight is 486 g/mol. The first-order valence-electron chi connectivity index (χ1n) is 9.53. The third-order valence-corrected chi connectivity index (χ3v) is 4.34. The molecular weight excluding hydrogens is 460 g/mol. The van der Waals surface area contributed by atoms with Gasteiger partial charge >= 0.3 is 0 Å². The van der Waals surface area contributed by atoms with E-state index in [1.54, 1.807) is 19.1 Å². The van der Waals surface area contributed by atoms with Gasteiger partial charge in [-0.2, -0.15) is 0 Å². The molecule has 0 fully saturated rings. The molecule has 2 aromatic carbocycles. The number of halogens is 3. The Morgan fingerprint density at radius 2 is 1.79 bits per heavy atom. The molecule has 33 heavy (non-hydrogen) atoms. The standard InChI is InChI=1S/C21H25F2N5O4.ClH/c1-3-31-19(18-14(22)7-13(30-2)8-15(18)23)21(29)28-9-12-5-4-11(20(26)27)6-16(12)32-10-17(24)25;/h4-8,19H,3,9-10H2,1-2H3,(H3,24,25)(H3,26,27)(H,28,29);1H. The van der Waals surface area contributed by atoms with Gasteiger partial charge in [-0.05, 0) is 13.0 Å². The van der Waals surface area contributed by atoms with E-state index in [4.69, 9.17) is 36.5 Å².